The summed E-state index contributed by atoms with van der Waals surface area (Å²) in [6.45, 7) is 1.36. The lowest BCUT2D eigenvalue weighted by molar-refractivity contribution is -0.0157. The Kier molecular flexibility index (Phi) is 4.38. The second-order valence-electron chi connectivity index (χ2n) is 5.30. The van der Waals surface area contributed by atoms with Gasteiger partial charge in [0, 0.05) is 32.9 Å². The lowest BCUT2D eigenvalue weighted by Gasteiger charge is -2.32. The molecule has 23 heavy (non-hydrogen) atoms. The first-order valence-corrected chi connectivity index (χ1v) is 7.21. The molecule has 1 saturated heterocycles. The summed E-state index contributed by atoms with van der Waals surface area (Å²) in [6.07, 6.45) is 2.81. The van der Waals surface area contributed by atoms with E-state index in [2.05, 4.69) is 20.4 Å². The molecule has 2 aromatic heterocycles. The SMILES string of the molecule is CN(C)c1nccc(C2CN(C(=O)Nc3ccon3)CCO2)n1. The number of ether oxygens (including phenoxy) is 1. The van der Waals surface area contributed by atoms with Gasteiger partial charge < -0.3 is 19.1 Å². The average molecular weight is 318 g/mol. The summed E-state index contributed by atoms with van der Waals surface area (Å²) in [4.78, 5) is 24.4. The molecule has 2 amide bonds. The van der Waals surface area contributed by atoms with Gasteiger partial charge in [0.25, 0.3) is 0 Å². The largest absolute Gasteiger partial charge is 0.368 e. The van der Waals surface area contributed by atoms with Crippen LogP contribution in [0.1, 0.15) is 11.8 Å². The fourth-order valence-electron chi connectivity index (χ4n) is 2.24. The third-order valence-electron chi connectivity index (χ3n) is 3.42. The van der Waals surface area contributed by atoms with Crippen LogP contribution in [0, 0.1) is 0 Å². The number of carbonyl (C=O) groups is 1. The summed E-state index contributed by atoms with van der Waals surface area (Å²) in [5.41, 5.74) is 0.752. The molecule has 1 atom stereocenters. The molecule has 3 rings (SSSR count). The monoisotopic (exact) mass is 318 g/mol. The first-order chi connectivity index (χ1) is 11.1. The molecular weight excluding hydrogens is 300 g/mol. The van der Waals surface area contributed by atoms with Crippen molar-refractivity contribution < 1.29 is 14.1 Å². The van der Waals surface area contributed by atoms with E-state index in [9.17, 15) is 4.79 Å². The van der Waals surface area contributed by atoms with Gasteiger partial charge in [0.15, 0.2) is 5.82 Å². The van der Waals surface area contributed by atoms with Gasteiger partial charge >= 0.3 is 6.03 Å². The molecule has 0 radical (unpaired) electrons. The highest BCUT2D eigenvalue weighted by atomic mass is 16.5. The van der Waals surface area contributed by atoms with Crippen LogP contribution in [0.2, 0.25) is 0 Å². The van der Waals surface area contributed by atoms with Crippen molar-refractivity contribution in [2.75, 3.05) is 44.0 Å². The minimum Gasteiger partial charge on any atom is -0.368 e. The van der Waals surface area contributed by atoms with Crippen molar-refractivity contribution in [2.24, 2.45) is 0 Å². The summed E-state index contributed by atoms with van der Waals surface area (Å²) in [5.74, 6) is 0.991. The Morgan fingerprint density at radius 3 is 3.04 bits per heavy atom. The van der Waals surface area contributed by atoms with Crippen LogP contribution in [0.15, 0.2) is 29.1 Å². The van der Waals surface area contributed by atoms with Crippen LogP contribution >= 0.6 is 0 Å². The van der Waals surface area contributed by atoms with Gasteiger partial charge in [0.2, 0.25) is 5.95 Å². The minimum atomic E-state index is -0.284. The molecule has 1 fully saturated rings. The minimum absolute atomic E-state index is 0.242. The van der Waals surface area contributed by atoms with Gasteiger partial charge in [-0.15, -0.1) is 0 Å². The van der Waals surface area contributed by atoms with Crippen molar-refractivity contribution in [3.05, 3.63) is 30.3 Å². The van der Waals surface area contributed by atoms with E-state index < -0.39 is 0 Å². The molecule has 1 aliphatic rings. The third kappa shape index (κ3) is 3.57. The van der Waals surface area contributed by atoms with Gasteiger partial charge in [-0.3, -0.25) is 5.32 Å². The van der Waals surface area contributed by atoms with Crippen LogP contribution in [-0.4, -0.2) is 59.8 Å². The average Bonchev–Trinajstić information content (AvgIpc) is 3.08. The molecule has 122 valence electrons. The lowest BCUT2D eigenvalue weighted by atomic mass is 10.2. The summed E-state index contributed by atoms with van der Waals surface area (Å²) in [7, 11) is 3.75. The maximum atomic E-state index is 12.3. The zero-order valence-electron chi connectivity index (χ0n) is 13.0. The van der Waals surface area contributed by atoms with Gasteiger partial charge in [-0.25, -0.2) is 14.8 Å². The van der Waals surface area contributed by atoms with Crippen molar-refractivity contribution in [3.63, 3.8) is 0 Å². The molecule has 0 aliphatic carbocycles. The molecule has 1 aliphatic heterocycles. The summed E-state index contributed by atoms with van der Waals surface area (Å²) < 4.78 is 10.4. The molecule has 2 aromatic rings. The first-order valence-electron chi connectivity index (χ1n) is 7.21. The number of amides is 2. The number of nitrogens with one attached hydrogen (secondary N) is 1. The van der Waals surface area contributed by atoms with E-state index >= 15 is 0 Å². The van der Waals surface area contributed by atoms with E-state index in [4.69, 9.17) is 9.26 Å². The maximum Gasteiger partial charge on any atom is 0.323 e. The van der Waals surface area contributed by atoms with Crippen LogP contribution in [0.5, 0.6) is 0 Å². The number of rotatable bonds is 3. The molecule has 3 heterocycles. The number of aromatic nitrogens is 3. The highest BCUT2D eigenvalue weighted by Gasteiger charge is 2.27. The fourth-order valence-corrected chi connectivity index (χ4v) is 2.24. The van der Waals surface area contributed by atoms with E-state index in [0.717, 1.165) is 5.69 Å². The van der Waals surface area contributed by atoms with E-state index in [1.807, 2.05) is 19.0 Å². The maximum absolute atomic E-state index is 12.3. The van der Waals surface area contributed by atoms with Crippen molar-refractivity contribution in [1.82, 2.24) is 20.0 Å². The fraction of sp³-hybridized carbons (Fsp3) is 0.429. The van der Waals surface area contributed by atoms with Crippen molar-refractivity contribution in [3.8, 4) is 0 Å². The molecule has 1 unspecified atom stereocenters. The number of carbonyl (C=O) groups excluding carboxylic acids is 1. The zero-order valence-corrected chi connectivity index (χ0v) is 13.0. The summed E-state index contributed by atoms with van der Waals surface area (Å²) >= 11 is 0. The number of hydrogen-bond acceptors (Lipinski definition) is 7. The van der Waals surface area contributed by atoms with Crippen LogP contribution in [-0.2, 0) is 4.74 Å². The highest BCUT2D eigenvalue weighted by molar-refractivity contribution is 5.88. The first kappa shape index (κ1) is 15.2. The quantitative estimate of drug-likeness (QED) is 0.906. The van der Waals surface area contributed by atoms with Gasteiger partial charge in [-0.1, -0.05) is 5.16 Å². The smallest absolute Gasteiger partial charge is 0.323 e. The molecular formula is C14H18N6O3. The molecule has 0 saturated carbocycles. The normalized spacial score (nSPS) is 17.8. The Labute approximate surface area is 133 Å². The predicted molar refractivity (Wildman–Crippen MR) is 82.1 cm³/mol. The Morgan fingerprint density at radius 2 is 2.30 bits per heavy atom. The Hall–Kier alpha value is -2.68. The number of anilines is 2. The second-order valence-corrected chi connectivity index (χ2v) is 5.30. The molecule has 9 nitrogen and oxygen atoms in total. The molecule has 0 aromatic carbocycles. The van der Waals surface area contributed by atoms with Gasteiger partial charge in [-0.05, 0) is 6.07 Å². The predicted octanol–water partition coefficient (Wildman–Crippen LogP) is 1.14. The second kappa shape index (κ2) is 6.61. The van der Waals surface area contributed by atoms with E-state index in [1.165, 1.54) is 6.26 Å². The Bertz CT molecular complexity index is 660. The number of urea groups is 1. The van der Waals surface area contributed by atoms with Crippen molar-refractivity contribution in [1.29, 1.82) is 0 Å². The van der Waals surface area contributed by atoms with Gasteiger partial charge in [0.05, 0.1) is 18.8 Å². The Balaban J connectivity index is 1.68. The molecule has 1 N–H and O–H groups in total. The van der Waals surface area contributed by atoms with Crippen LogP contribution < -0.4 is 10.2 Å². The molecule has 9 heteroatoms. The molecule has 0 spiro atoms. The number of nitrogens with zero attached hydrogens (tertiary/aromatic N) is 5. The van der Waals surface area contributed by atoms with Gasteiger partial charge in [-0.2, -0.15) is 0 Å². The van der Waals surface area contributed by atoms with Crippen LogP contribution in [0.3, 0.4) is 0 Å². The lowest BCUT2D eigenvalue weighted by Crippen LogP contribution is -2.44. The standard InChI is InChI=1S/C14H18N6O3/c1-19(2)13-15-5-3-10(16-13)11-9-20(6-8-22-11)14(21)17-12-4-7-23-18-12/h3-5,7,11H,6,8-9H2,1-2H3,(H,17,18,21). The van der Waals surface area contributed by atoms with E-state index in [-0.39, 0.29) is 12.1 Å². The highest BCUT2D eigenvalue weighted by Crippen LogP contribution is 2.22. The Morgan fingerprint density at radius 1 is 1.43 bits per heavy atom. The summed E-state index contributed by atoms with van der Waals surface area (Å²) in [6, 6.07) is 3.15. The summed E-state index contributed by atoms with van der Waals surface area (Å²) in [5, 5.41) is 6.35. The van der Waals surface area contributed by atoms with Crippen molar-refractivity contribution >= 4 is 17.8 Å². The molecule has 0 bridgehead atoms. The van der Waals surface area contributed by atoms with Crippen LogP contribution in [0.4, 0.5) is 16.6 Å². The van der Waals surface area contributed by atoms with Crippen LogP contribution in [0.25, 0.3) is 0 Å². The van der Waals surface area contributed by atoms with Crippen molar-refractivity contribution in [2.45, 2.75) is 6.10 Å². The van der Waals surface area contributed by atoms with E-state index in [0.29, 0.717) is 31.5 Å². The van der Waals surface area contributed by atoms with Gasteiger partial charge in [0.1, 0.15) is 12.4 Å². The zero-order chi connectivity index (χ0) is 16.2. The number of morpholine rings is 1. The third-order valence-corrected chi connectivity index (χ3v) is 3.42. The van der Waals surface area contributed by atoms with E-state index in [1.54, 1.807) is 23.2 Å². The number of hydrogen-bond donors (Lipinski definition) is 1. The topological polar surface area (TPSA) is 96.6 Å².